The van der Waals surface area contributed by atoms with Crippen LogP contribution < -0.4 is 10.6 Å². The summed E-state index contributed by atoms with van der Waals surface area (Å²) in [5, 5.41) is 11.5. The van der Waals surface area contributed by atoms with E-state index in [0.29, 0.717) is 22.9 Å². The molecule has 0 aliphatic rings. The molecule has 0 saturated heterocycles. The average molecular weight is 482 g/mol. The van der Waals surface area contributed by atoms with Gasteiger partial charge in [0, 0.05) is 18.5 Å². The Morgan fingerprint density at radius 3 is 2.50 bits per heavy atom. The molecule has 4 rings (SSSR count). The summed E-state index contributed by atoms with van der Waals surface area (Å²) in [5.74, 6) is -0.528. The molecule has 2 amide bonds. The van der Waals surface area contributed by atoms with Crippen molar-refractivity contribution in [2.75, 3.05) is 31.0 Å². The number of ether oxygens (including phenoxy) is 2. The lowest BCUT2D eigenvalue weighted by Crippen LogP contribution is -2.17. The lowest BCUT2D eigenvalue weighted by molar-refractivity contribution is 0.101. The number of carbonyl (C=O) groups excluding carboxylic acids is 2. The zero-order chi connectivity index (χ0) is 23.9. The van der Waals surface area contributed by atoms with Crippen LogP contribution in [0, 0.1) is 5.82 Å². The van der Waals surface area contributed by atoms with Gasteiger partial charge in [0.05, 0.1) is 17.2 Å². The Kier molecular flexibility index (Phi) is 7.25. The molecule has 0 bridgehead atoms. The first-order chi connectivity index (χ1) is 16.5. The number of nitrogens with zero attached hydrogens (tertiary/aromatic N) is 3. The minimum absolute atomic E-state index is 0.0648. The maximum absolute atomic E-state index is 13.4. The molecule has 0 unspecified atom stereocenters. The number of nitrogens with one attached hydrogen (secondary N) is 2. The molecule has 0 atom stereocenters. The Balaban J connectivity index is 1.53. The van der Waals surface area contributed by atoms with Gasteiger partial charge < -0.3 is 14.8 Å². The number of aromatic nitrogens is 3. The van der Waals surface area contributed by atoms with Gasteiger partial charge in [-0.2, -0.15) is 0 Å². The average Bonchev–Trinajstić information content (AvgIpc) is 3.50. The van der Waals surface area contributed by atoms with Crippen molar-refractivity contribution in [3.05, 3.63) is 77.7 Å². The number of halogens is 1. The smallest absolute Gasteiger partial charge is 0.411 e. The van der Waals surface area contributed by atoms with Gasteiger partial charge in [-0.1, -0.05) is 12.1 Å². The highest BCUT2D eigenvalue weighted by Crippen LogP contribution is 2.26. The van der Waals surface area contributed by atoms with Gasteiger partial charge in [0.15, 0.2) is 5.82 Å². The topological polar surface area (TPSA) is 107 Å². The molecule has 34 heavy (non-hydrogen) atoms. The molecule has 0 fully saturated rings. The van der Waals surface area contributed by atoms with E-state index in [2.05, 4.69) is 20.7 Å². The third-order valence-electron chi connectivity index (χ3n) is 4.51. The molecule has 2 aromatic carbocycles. The van der Waals surface area contributed by atoms with Crippen molar-refractivity contribution in [1.82, 2.24) is 14.8 Å². The van der Waals surface area contributed by atoms with Gasteiger partial charge in [-0.05, 0) is 53.9 Å². The molecule has 174 valence electrons. The van der Waals surface area contributed by atoms with Crippen molar-refractivity contribution in [2.24, 2.45) is 0 Å². The first-order valence-electron chi connectivity index (χ1n) is 10.1. The van der Waals surface area contributed by atoms with E-state index in [9.17, 15) is 14.0 Å². The maximum Gasteiger partial charge on any atom is 0.411 e. The maximum atomic E-state index is 13.4. The van der Waals surface area contributed by atoms with Crippen LogP contribution in [0.3, 0.4) is 0 Å². The Morgan fingerprint density at radius 1 is 1.03 bits per heavy atom. The summed E-state index contributed by atoms with van der Waals surface area (Å²) >= 11 is 1.44. The molecule has 0 radical (unpaired) electrons. The van der Waals surface area contributed by atoms with Gasteiger partial charge in [-0.3, -0.25) is 10.1 Å². The highest BCUT2D eigenvalue weighted by atomic mass is 32.1. The molecule has 11 heteroatoms. The van der Waals surface area contributed by atoms with Crippen molar-refractivity contribution in [3.8, 4) is 16.4 Å². The third kappa shape index (κ3) is 5.63. The number of thiophene rings is 1. The molecular formula is C23H20FN5O4S. The Hall–Kier alpha value is -4.09. The van der Waals surface area contributed by atoms with Crippen LogP contribution in [0.5, 0.6) is 0 Å². The Bertz CT molecular complexity index is 1280. The monoisotopic (exact) mass is 481 g/mol. The zero-order valence-corrected chi connectivity index (χ0v) is 18.8. The first kappa shape index (κ1) is 23.1. The molecule has 0 saturated carbocycles. The van der Waals surface area contributed by atoms with E-state index in [0.717, 1.165) is 4.88 Å². The fraction of sp³-hybridized carbons (Fsp3) is 0.130. The lowest BCUT2D eigenvalue weighted by Gasteiger charge is -2.08. The number of benzene rings is 2. The third-order valence-corrected chi connectivity index (χ3v) is 5.38. The number of hydrogen-bond donors (Lipinski definition) is 2. The largest absolute Gasteiger partial charge is 0.447 e. The number of amides is 2. The van der Waals surface area contributed by atoms with Crippen LogP contribution in [0.2, 0.25) is 0 Å². The van der Waals surface area contributed by atoms with Gasteiger partial charge >= 0.3 is 6.09 Å². The fourth-order valence-corrected chi connectivity index (χ4v) is 3.67. The van der Waals surface area contributed by atoms with Gasteiger partial charge in [-0.25, -0.2) is 18.9 Å². The van der Waals surface area contributed by atoms with Crippen LogP contribution in [-0.4, -0.2) is 47.1 Å². The predicted octanol–water partition coefficient (Wildman–Crippen LogP) is 4.58. The van der Waals surface area contributed by atoms with Crippen LogP contribution in [0.25, 0.3) is 16.4 Å². The zero-order valence-electron chi connectivity index (χ0n) is 18.0. The molecule has 4 aromatic rings. The van der Waals surface area contributed by atoms with Gasteiger partial charge in [0.25, 0.3) is 5.91 Å². The van der Waals surface area contributed by atoms with Crippen molar-refractivity contribution in [3.63, 3.8) is 0 Å². The minimum Gasteiger partial charge on any atom is -0.447 e. The second-order valence-corrected chi connectivity index (χ2v) is 7.86. The number of hydrogen-bond acceptors (Lipinski definition) is 7. The second kappa shape index (κ2) is 10.7. The highest BCUT2D eigenvalue weighted by molar-refractivity contribution is 7.13. The second-order valence-electron chi connectivity index (χ2n) is 6.91. The quantitative estimate of drug-likeness (QED) is 0.357. The van der Waals surface area contributed by atoms with Crippen molar-refractivity contribution >= 4 is 34.7 Å². The van der Waals surface area contributed by atoms with Gasteiger partial charge in [0.2, 0.25) is 5.82 Å². The van der Waals surface area contributed by atoms with E-state index >= 15 is 0 Å². The molecule has 0 aliphatic heterocycles. The predicted molar refractivity (Wildman–Crippen MR) is 126 cm³/mol. The van der Waals surface area contributed by atoms with E-state index in [1.54, 1.807) is 36.4 Å². The van der Waals surface area contributed by atoms with E-state index in [-0.39, 0.29) is 24.9 Å². The van der Waals surface area contributed by atoms with Crippen LogP contribution in [0.4, 0.5) is 20.6 Å². The number of carbonyl (C=O) groups is 2. The van der Waals surface area contributed by atoms with E-state index in [1.807, 2.05) is 17.5 Å². The summed E-state index contributed by atoms with van der Waals surface area (Å²) in [6.45, 7) is 0.405. The summed E-state index contributed by atoms with van der Waals surface area (Å²) in [4.78, 5) is 30.0. The molecule has 0 aliphatic carbocycles. The summed E-state index contributed by atoms with van der Waals surface area (Å²) in [5.41, 5.74) is 1.43. The van der Waals surface area contributed by atoms with Crippen LogP contribution in [-0.2, 0) is 9.47 Å². The highest BCUT2D eigenvalue weighted by Gasteiger charge is 2.20. The molecule has 9 nitrogen and oxygen atoms in total. The van der Waals surface area contributed by atoms with Crippen LogP contribution in [0.1, 0.15) is 10.6 Å². The summed E-state index contributed by atoms with van der Waals surface area (Å²) < 4.78 is 24.7. The molecule has 0 spiro atoms. The van der Waals surface area contributed by atoms with Crippen molar-refractivity contribution < 1.29 is 23.5 Å². The van der Waals surface area contributed by atoms with Gasteiger partial charge in [0.1, 0.15) is 12.4 Å². The number of anilines is 2. The van der Waals surface area contributed by atoms with Gasteiger partial charge in [-0.15, -0.1) is 16.4 Å². The standard InChI is InChI=1S/C23H20FN5O4S/c1-32-11-12-33-23(31)26-17-5-2-4-16(14-17)25-22(30)20-27-21(19-6-3-13-34-19)29(28-20)18-9-7-15(24)8-10-18/h2-10,13-14H,11-12H2,1H3,(H,25,30)(H,26,31). The lowest BCUT2D eigenvalue weighted by atomic mass is 10.2. The van der Waals surface area contributed by atoms with Crippen molar-refractivity contribution in [1.29, 1.82) is 0 Å². The number of rotatable bonds is 8. The molecule has 2 N–H and O–H groups in total. The van der Waals surface area contributed by atoms with E-state index in [4.69, 9.17) is 9.47 Å². The van der Waals surface area contributed by atoms with E-state index in [1.165, 1.54) is 35.3 Å². The van der Waals surface area contributed by atoms with Crippen LogP contribution >= 0.6 is 11.3 Å². The summed E-state index contributed by atoms with van der Waals surface area (Å²) in [7, 11) is 1.51. The SMILES string of the molecule is COCCOC(=O)Nc1cccc(NC(=O)c2nc(-c3cccs3)n(-c3ccc(F)cc3)n2)c1. The van der Waals surface area contributed by atoms with Crippen LogP contribution in [0.15, 0.2) is 66.0 Å². The Labute approximate surface area is 198 Å². The first-order valence-corrected chi connectivity index (χ1v) is 11.0. The fourth-order valence-electron chi connectivity index (χ4n) is 2.97. The Morgan fingerprint density at radius 2 is 1.79 bits per heavy atom. The van der Waals surface area contributed by atoms with Crippen molar-refractivity contribution in [2.45, 2.75) is 0 Å². The summed E-state index contributed by atoms with van der Waals surface area (Å²) in [6, 6.07) is 16.0. The molecular weight excluding hydrogens is 461 g/mol. The molecule has 2 heterocycles. The molecule has 2 aromatic heterocycles. The normalized spacial score (nSPS) is 10.6. The number of methoxy groups -OCH3 is 1. The van der Waals surface area contributed by atoms with E-state index < -0.39 is 12.0 Å². The minimum atomic E-state index is -0.638. The summed E-state index contributed by atoms with van der Waals surface area (Å²) in [6.07, 6.45) is -0.638.